The summed E-state index contributed by atoms with van der Waals surface area (Å²) in [5.74, 6) is -3.56. The number of para-hydroxylation sites is 1. The van der Waals surface area contributed by atoms with E-state index in [1.54, 1.807) is 12.1 Å². The molecule has 0 radical (unpaired) electrons. The molecule has 33 heavy (non-hydrogen) atoms. The number of esters is 2. The Morgan fingerprint density at radius 1 is 0.818 bits per heavy atom. The summed E-state index contributed by atoms with van der Waals surface area (Å²) in [5.41, 5.74) is 0.349. The van der Waals surface area contributed by atoms with Crippen molar-refractivity contribution >= 4 is 45.8 Å². The van der Waals surface area contributed by atoms with Crippen LogP contribution in [0, 0.1) is 12.7 Å². The van der Waals surface area contributed by atoms with Crippen molar-refractivity contribution in [1.29, 1.82) is 0 Å². The molecule has 8 nitrogen and oxygen atoms in total. The van der Waals surface area contributed by atoms with E-state index in [4.69, 9.17) is 9.47 Å². The molecule has 10 heteroatoms. The molecule has 3 aromatic rings. The van der Waals surface area contributed by atoms with E-state index < -0.39 is 29.6 Å². The lowest BCUT2D eigenvalue weighted by molar-refractivity contribution is 0.0592. The first-order valence-electron chi connectivity index (χ1n) is 9.54. The van der Waals surface area contributed by atoms with Gasteiger partial charge in [0.15, 0.2) is 0 Å². The van der Waals surface area contributed by atoms with Crippen molar-refractivity contribution in [2.75, 3.05) is 24.9 Å². The normalized spacial score (nSPS) is 10.3. The predicted molar refractivity (Wildman–Crippen MR) is 120 cm³/mol. The summed E-state index contributed by atoms with van der Waals surface area (Å²) in [7, 11) is 2.38. The molecule has 0 aliphatic heterocycles. The molecule has 3 rings (SSSR count). The third-order valence-electron chi connectivity index (χ3n) is 4.67. The lowest BCUT2D eigenvalue weighted by atomic mass is 10.1. The van der Waals surface area contributed by atoms with Crippen LogP contribution in [-0.2, 0) is 9.47 Å². The van der Waals surface area contributed by atoms with E-state index in [2.05, 4.69) is 10.6 Å². The first-order valence-corrected chi connectivity index (χ1v) is 10.4. The van der Waals surface area contributed by atoms with Crippen molar-refractivity contribution in [2.45, 2.75) is 6.92 Å². The zero-order valence-electron chi connectivity index (χ0n) is 17.9. The number of hydrogen-bond acceptors (Lipinski definition) is 7. The van der Waals surface area contributed by atoms with Crippen molar-refractivity contribution in [2.24, 2.45) is 0 Å². The Balaban J connectivity index is 1.97. The summed E-state index contributed by atoms with van der Waals surface area (Å²) in [6, 6.07) is 11.6. The second kappa shape index (κ2) is 10.0. The maximum atomic E-state index is 14.0. The van der Waals surface area contributed by atoms with E-state index in [0.717, 1.165) is 24.5 Å². The topological polar surface area (TPSA) is 111 Å². The monoisotopic (exact) mass is 470 g/mol. The number of thiophene rings is 1. The van der Waals surface area contributed by atoms with Crippen LogP contribution >= 0.6 is 11.3 Å². The standard InChI is InChI=1S/C23H19FN2O6S/c1-12-17(23(30)32-3)21(26-19(27)13-8-4-6-10-15(13)24)33-18(12)20(28)25-16-11-7-5-9-14(16)22(29)31-2/h4-11H,1-3H3,(H,25,28)(H,26,27). The van der Waals surface area contributed by atoms with Gasteiger partial charge in [0, 0.05) is 0 Å². The summed E-state index contributed by atoms with van der Waals surface area (Å²) in [6.07, 6.45) is 0. The van der Waals surface area contributed by atoms with Crippen molar-refractivity contribution in [1.82, 2.24) is 0 Å². The fourth-order valence-corrected chi connectivity index (χ4v) is 4.13. The minimum Gasteiger partial charge on any atom is -0.465 e. The van der Waals surface area contributed by atoms with E-state index in [1.165, 1.54) is 44.4 Å². The van der Waals surface area contributed by atoms with Gasteiger partial charge in [0.2, 0.25) is 0 Å². The summed E-state index contributed by atoms with van der Waals surface area (Å²) < 4.78 is 23.5. The van der Waals surface area contributed by atoms with Gasteiger partial charge < -0.3 is 20.1 Å². The summed E-state index contributed by atoms with van der Waals surface area (Å²) >= 11 is 0.823. The van der Waals surface area contributed by atoms with E-state index in [9.17, 15) is 23.6 Å². The Bertz CT molecular complexity index is 1250. The van der Waals surface area contributed by atoms with Gasteiger partial charge in [-0.05, 0) is 36.8 Å². The fraction of sp³-hybridized carbons (Fsp3) is 0.130. The summed E-state index contributed by atoms with van der Waals surface area (Å²) in [6.45, 7) is 1.52. The van der Waals surface area contributed by atoms with Crippen LogP contribution in [0.2, 0.25) is 0 Å². The highest BCUT2D eigenvalue weighted by Crippen LogP contribution is 2.35. The van der Waals surface area contributed by atoms with Crippen LogP contribution in [0.15, 0.2) is 48.5 Å². The Kier molecular flexibility index (Phi) is 7.19. The second-order valence-corrected chi connectivity index (χ2v) is 7.70. The van der Waals surface area contributed by atoms with Crippen LogP contribution in [-0.4, -0.2) is 38.0 Å². The zero-order valence-corrected chi connectivity index (χ0v) is 18.7. The first kappa shape index (κ1) is 23.6. The molecular formula is C23H19FN2O6S. The number of carbonyl (C=O) groups is 4. The molecule has 2 aromatic carbocycles. The Morgan fingerprint density at radius 2 is 1.42 bits per heavy atom. The van der Waals surface area contributed by atoms with Gasteiger partial charge in [-0.25, -0.2) is 14.0 Å². The molecule has 1 aromatic heterocycles. The van der Waals surface area contributed by atoms with Gasteiger partial charge in [0.25, 0.3) is 11.8 Å². The van der Waals surface area contributed by atoms with Gasteiger partial charge in [0.1, 0.15) is 10.8 Å². The number of rotatable bonds is 6. The highest BCUT2D eigenvalue weighted by atomic mass is 32.1. The maximum absolute atomic E-state index is 14.0. The molecule has 1 heterocycles. The number of carbonyl (C=O) groups excluding carboxylic acids is 4. The zero-order chi connectivity index (χ0) is 24.1. The smallest absolute Gasteiger partial charge is 0.341 e. The van der Waals surface area contributed by atoms with Crippen molar-refractivity contribution in [3.8, 4) is 0 Å². The fourth-order valence-electron chi connectivity index (χ4n) is 3.04. The predicted octanol–water partition coefficient (Wildman–Crippen LogP) is 4.27. The third-order valence-corrected chi connectivity index (χ3v) is 5.87. The molecule has 0 saturated carbocycles. The minimum atomic E-state index is -0.789. The number of amides is 2. The molecule has 0 atom stereocenters. The lowest BCUT2D eigenvalue weighted by Crippen LogP contribution is -2.16. The SMILES string of the molecule is COC(=O)c1ccccc1NC(=O)c1sc(NC(=O)c2ccccc2F)c(C(=O)OC)c1C. The highest BCUT2D eigenvalue weighted by Gasteiger charge is 2.27. The van der Waals surface area contributed by atoms with Crippen LogP contribution in [0.3, 0.4) is 0 Å². The van der Waals surface area contributed by atoms with Crippen molar-refractivity contribution in [3.05, 3.63) is 81.5 Å². The van der Waals surface area contributed by atoms with Crippen LogP contribution < -0.4 is 10.6 Å². The second-order valence-electron chi connectivity index (χ2n) is 6.68. The van der Waals surface area contributed by atoms with Crippen LogP contribution in [0.5, 0.6) is 0 Å². The summed E-state index contributed by atoms with van der Waals surface area (Å²) in [5, 5.41) is 5.13. The first-order chi connectivity index (χ1) is 15.8. The van der Waals surface area contributed by atoms with Crippen molar-refractivity contribution in [3.63, 3.8) is 0 Å². The van der Waals surface area contributed by atoms with E-state index in [-0.39, 0.29) is 37.8 Å². The number of benzene rings is 2. The van der Waals surface area contributed by atoms with Gasteiger partial charge in [0.05, 0.1) is 41.5 Å². The highest BCUT2D eigenvalue weighted by molar-refractivity contribution is 7.19. The lowest BCUT2D eigenvalue weighted by Gasteiger charge is -2.09. The Morgan fingerprint density at radius 3 is 2.06 bits per heavy atom. The average molecular weight is 470 g/mol. The maximum Gasteiger partial charge on any atom is 0.341 e. The molecule has 0 saturated heterocycles. The number of ether oxygens (including phenoxy) is 2. The molecule has 0 fully saturated rings. The summed E-state index contributed by atoms with van der Waals surface area (Å²) in [4.78, 5) is 50.0. The van der Waals surface area contributed by atoms with Gasteiger partial charge in [-0.15, -0.1) is 11.3 Å². The number of hydrogen-bond donors (Lipinski definition) is 2. The minimum absolute atomic E-state index is 0.0269. The van der Waals surface area contributed by atoms with Crippen molar-refractivity contribution < 1.29 is 33.0 Å². The van der Waals surface area contributed by atoms with Crippen LogP contribution in [0.1, 0.15) is 46.3 Å². The number of anilines is 2. The largest absolute Gasteiger partial charge is 0.465 e. The van der Waals surface area contributed by atoms with Gasteiger partial charge in [-0.1, -0.05) is 24.3 Å². The Labute approximate surface area is 192 Å². The number of methoxy groups -OCH3 is 2. The van der Waals surface area contributed by atoms with Crippen LogP contribution in [0.25, 0.3) is 0 Å². The molecule has 2 amide bonds. The molecule has 0 aliphatic carbocycles. The van der Waals surface area contributed by atoms with Gasteiger partial charge >= 0.3 is 11.9 Å². The van der Waals surface area contributed by atoms with Gasteiger partial charge in [-0.2, -0.15) is 0 Å². The van der Waals surface area contributed by atoms with Crippen LogP contribution in [0.4, 0.5) is 15.1 Å². The van der Waals surface area contributed by atoms with E-state index in [0.29, 0.717) is 0 Å². The molecule has 0 unspecified atom stereocenters. The molecule has 170 valence electrons. The average Bonchev–Trinajstić information content (AvgIpc) is 3.14. The van der Waals surface area contributed by atoms with E-state index in [1.807, 2.05) is 0 Å². The molecule has 0 aliphatic rings. The quantitative estimate of drug-likeness (QED) is 0.521. The molecular weight excluding hydrogens is 451 g/mol. The molecule has 0 bridgehead atoms. The number of halogens is 1. The number of nitrogens with one attached hydrogen (secondary N) is 2. The third kappa shape index (κ3) is 4.90. The van der Waals surface area contributed by atoms with Gasteiger partial charge in [-0.3, -0.25) is 9.59 Å². The van der Waals surface area contributed by atoms with E-state index >= 15 is 0 Å². The molecule has 0 spiro atoms. The molecule has 2 N–H and O–H groups in total. The Hall–Kier alpha value is -4.05.